The predicted octanol–water partition coefficient (Wildman–Crippen LogP) is 5.79. The fraction of sp³-hybridized carbons (Fsp3) is 0.250. The van der Waals surface area contributed by atoms with Crippen LogP contribution in [0, 0.1) is 12.7 Å². The van der Waals surface area contributed by atoms with Crippen LogP contribution < -0.4 is 14.5 Å². The molecule has 32 heavy (non-hydrogen) atoms. The lowest BCUT2D eigenvalue weighted by atomic mass is 10.0. The van der Waals surface area contributed by atoms with E-state index in [1.807, 2.05) is 24.3 Å². The molecule has 8 heteroatoms. The topological polar surface area (TPSA) is 41.5 Å². The number of nitrogens with zero attached hydrogens (tertiary/aromatic N) is 4. The molecule has 0 radical (unpaired) electrons. The summed E-state index contributed by atoms with van der Waals surface area (Å²) in [5, 5.41) is 1.30. The van der Waals surface area contributed by atoms with Crippen LogP contribution in [-0.2, 0) is 0 Å². The highest BCUT2D eigenvalue weighted by Crippen LogP contribution is 2.42. The summed E-state index contributed by atoms with van der Waals surface area (Å²) < 4.78 is 18.6. The first-order chi connectivity index (χ1) is 15.5. The predicted molar refractivity (Wildman–Crippen MR) is 130 cm³/mol. The Morgan fingerprint density at radius 2 is 1.59 bits per heavy atom. The summed E-state index contributed by atoms with van der Waals surface area (Å²) >= 11 is 7.96. The molecule has 0 saturated carbocycles. The van der Waals surface area contributed by atoms with Gasteiger partial charge in [0.25, 0.3) is 0 Å². The minimum atomic E-state index is -0.218. The molecule has 0 atom stereocenters. The molecule has 0 unspecified atom stereocenters. The summed E-state index contributed by atoms with van der Waals surface area (Å²) in [6.45, 7) is 5.31. The van der Waals surface area contributed by atoms with E-state index in [0.29, 0.717) is 0 Å². The molecule has 0 N–H and O–H groups in total. The molecule has 1 aliphatic rings. The van der Waals surface area contributed by atoms with Crippen molar-refractivity contribution < 1.29 is 9.13 Å². The maximum Gasteiger partial charge on any atom is 0.225 e. The number of thiophene rings is 1. The second-order valence-electron chi connectivity index (χ2n) is 7.71. The van der Waals surface area contributed by atoms with Crippen molar-refractivity contribution >= 4 is 44.7 Å². The maximum atomic E-state index is 13.3. The first-order valence-electron chi connectivity index (χ1n) is 10.4. The molecule has 164 valence electrons. The zero-order valence-corrected chi connectivity index (χ0v) is 19.4. The molecule has 5 nitrogen and oxygen atoms in total. The molecule has 4 aromatic rings. The maximum absolute atomic E-state index is 13.3. The minimum Gasteiger partial charge on any atom is -0.497 e. The van der Waals surface area contributed by atoms with Crippen LogP contribution in [0.3, 0.4) is 0 Å². The lowest BCUT2D eigenvalue weighted by molar-refractivity contribution is 0.415. The van der Waals surface area contributed by atoms with Crippen LogP contribution in [0.1, 0.15) is 4.88 Å². The standard InChI is InChI=1S/C24H22ClFN4OS/c1-15-20(16-3-9-19(31-2)10-4-16)21-22(27-24(25)28-23(21)32-15)30-13-11-29(12-14-30)18-7-5-17(26)6-8-18/h3-10H,11-14H2,1-2H3. The van der Waals surface area contributed by atoms with Crippen LogP contribution in [0.25, 0.3) is 21.3 Å². The minimum absolute atomic E-state index is 0.218. The Morgan fingerprint density at radius 3 is 2.25 bits per heavy atom. The van der Waals surface area contributed by atoms with E-state index < -0.39 is 0 Å². The van der Waals surface area contributed by atoms with Crippen molar-refractivity contribution in [2.75, 3.05) is 43.1 Å². The third kappa shape index (κ3) is 3.87. The molecule has 0 amide bonds. The van der Waals surface area contributed by atoms with Crippen molar-refractivity contribution in [1.82, 2.24) is 9.97 Å². The first kappa shape index (κ1) is 21.0. The molecular formula is C24H22ClFN4OS. The van der Waals surface area contributed by atoms with Crippen molar-refractivity contribution in [3.8, 4) is 16.9 Å². The van der Waals surface area contributed by atoms with E-state index in [1.54, 1.807) is 18.4 Å². The van der Waals surface area contributed by atoms with Crippen LogP contribution in [-0.4, -0.2) is 43.3 Å². The van der Waals surface area contributed by atoms with Crippen molar-refractivity contribution in [3.05, 3.63) is 64.5 Å². The number of methoxy groups -OCH3 is 1. The van der Waals surface area contributed by atoms with Crippen molar-refractivity contribution in [3.63, 3.8) is 0 Å². The van der Waals surface area contributed by atoms with Gasteiger partial charge in [0.05, 0.1) is 12.5 Å². The number of halogens is 2. The summed E-state index contributed by atoms with van der Waals surface area (Å²) in [6, 6.07) is 14.7. The summed E-state index contributed by atoms with van der Waals surface area (Å²) in [7, 11) is 1.67. The molecule has 1 fully saturated rings. The van der Waals surface area contributed by atoms with E-state index in [4.69, 9.17) is 16.3 Å². The molecule has 0 aliphatic carbocycles. The van der Waals surface area contributed by atoms with Gasteiger partial charge in [0.1, 0.15) is 22.2 Å². The largest absolute Gasteiger partial charge is 0.497 e. The lowest BCUT2D eigenvalue weighted by Crippen LogP contribution is -2.47. The van der Waals surface area contributed by atoms with Gasteiger partial charge < -0.3 is 14.5 Å². The van der Waals surface area contributed by atoms with Crippen LogP contribution in [0.5, 0.6) is 5.75 Å². The number of aryl methyl sites for hydroxylation is 1. The molecule has 1 aliphatic heterocycles. The zero-order valence-electron chi connectivity index (χ0n) is 17.8. The van der Waals surface area contributed by atoms with E-state index >= 15 is 0 Å². The van der Waals surface area contributed by atoms with E-state index in [0.717, 1.165) is 64.8 Å². The van der Waals surface area contributed by atoms with Gasteiger partial charge >= 0.3 is 0 Å². The Balaban J connectivity index is 1.50. The van der Waals surface area contributed by atoms with E-state index in [2.05, 4.69) is 38.8 Å². The summed E-state index contributed by atoms with van der Waals surface area (Å²) in [5.41, 5.74) is 3.27. The molecular weight excluding hydrogens is 447 g/mol. The molecule has 3 heterocycles. The third-order valence-electron chi connectivity index (χ3n) is 5.83. The average Bonchev–Trinajstić information content (AvgIpc) is 3.14. The lowest BCUT2D eigenvalue weighted by Gasteiger charge is -2.37. The van der Waals surface area contributed by atoms with Gasteiger partial charge in [-0.15, -0.1) is 11.3 Å². The van der Waals surface area contributed by atoms with Gasteiger partial charge in [-0.3, -0.25) is 0 Å². The SMILES string of the molecule is COc1ccc(-c2c(C)sc3nc(Cl)nc(N4CCN(c5ccc(F)cc5)CC4)c23)cc1. The summed E-state index contributed by atoms with van der Waals surface area (Å²) in [5.74, 6) is 1.47. The van der Waals surface area contributed by atoms with E-state index in [9.17, 15) is 4.39 Å². The molecule has 2 aromatic carbocycles. The van der Waals surface area contributed by atoms with Crippen LogP contribution in [0.2, 0.25) is 5.28 Å². The zero-order chi connectivity index (χ0) is 22.2. The smallest absolute Gasteiger partial charge is 0.225 e. The Morgan fingerprint density at radius 1 is 0.938 bits per heavy atom. The molecule has 5 rings (SSSR count). The number of hydrogen-bond acceptors (Lipinski definition) is 6. The van der Waals surface area contributed by atoms with Gasteiger partial charge in [-0.2, -0.15) is 4.98 Å². The summed E-state index contributed by atoms with van der Waals surface area (Å²) in [6.07, 6.45) is 0. The monoisotopic (exact) mass is 468 g/mol. The number of anilines is 2. The highest BCUT2D eigenvalue weighted by molar-refractivity contribution is 7.19. The third-order valence-corrected chi connectivity index (χ3v) is 7.00. The van der Waals surface area contributed by atoms with Crippen LogP contribution >= 0.6 is 22.9 Å². The van der Waals surface area contributed by atoms with Crippen molar-refractivity contribution in [2.24, 2.45) is 0 Å². The molecule has 1 saturated heterocycles. The average molecular weight is 469 g/mol. The second kappa shape index (κ2) is 8.56. The van der Waals surface area contributed by atoms with Crippen molar-refractivity contribution in [2.45, 2.75) is 6.92 Å². The fourth-order valence-electron chi connectivity index (χ4n) is 4.23. The van der Waals surface area contributed by atoms with E-state index in [1.165, 1.54) is 17.0 Å². The van der Waals surface area contributed by atoms with Gasteiger partial charge in [0.2, 0.25) is 5.28 Å². The number of aromatic nitrogens is 2. The Labute approximate surface area is 195 Å². The van der Waals surface area contributed by atoms with Gasteiger partial charge in [-0.1, -0.05) is 12.1 Å². The molecule has 2 aromatic heterocycles. The Kier molecular flexibility index (Phi) is 5.61. The van der Waals surface area contributed by atoms with Gasteiger partial charge in [0, 0.05) is 42.3 Å². The van der Waals surface area contributed by atoms with E-state index in [-0.39, 0.29) is 11.1 Å². The Hall–Kier alpha value is -2.90. The number of piperazine rings is 1. The first-order valence-corrected chi connectivity index (χ1v) is 11.6. The number of ether oxygens (including phenoxy) is 1. The van der Waals surface area contributed by atoms with Gasteiger partial charge in [0.15, 0.2) is 0 Å². The van der Waals surface area contributed by atoms with Crippen LogP contribution in [0.4, 0.5) is 15.9 Å². The molecule has 0 spiro atoms. The fourth-order valence-corrected chi connectivity index (χ4v) is 5.48. The highest BCUT2D eigenvalue weighted by Gasteiger charge is 2.25. The van der Waals surface area contributed by atoms with Gasteiger partial charge in [-0.25, -0.2) is 9.37 Å². The van der Waals surface area contributed by atoms with Gasteiger partial charge in [-0.05, 0) is 60.5 Å². The number of benzene rings is 2. The van der Waals surface area contributed by atoms with Crippen molar-refractivity contribution in [1.29, 1.82) is 0 Å². The number of hydrogen-bond donors (Lipinski definition) is 0. The summed E-state index contributed by atoms with van der Waals surface area (Å²) in [4.78, 5) is 15.8. The quantitative estimate of drug-likeness (QED) is 0.354. The Bertz CT molecular complexity index is 1250. The number of fused-ring (bicyclic) bond motifs is 1. The normalized spacial score (nSPS) is 14.2. The highest BCUT2D eigenvalue weighted by atomic mass is 35.5. The number of rotatable bonds is 4. The van der Waals surface area contributed by atoms with Crippen LogP contribution in [0.15, 0.2) is 48.5 Å². The second-order valence-corrected chi connectivity index (χ2v) is 9.25. The molecule has 0 bridgehead atoms.